The van der Waals surface area contributed by atoms with Crippen LogP contribution in [0.2, 0.25) is 5.02 Å². The number of halogens is 1. The smallest absolute Gasteiger partial charge is 0.317 e. The van der Waals surface area contributed by atoms with Crippen LogP contribution in [0.4, 0.5) is 5.82 Å². The lowest BCUT2D eigenvalue weighted by atomic mass is 10.0. The van der Waals surface area contributed by atoms with Gasteiger partial charge in [-0.3, -0.25) is 9.69 Å². The molecule has 0 aliphatic carbocycles. The van der Waals surface area contributed by atoms with Crippen LogP contribution in [0, 0.1) is 0 Å². The Hall–Kier alpha value is -2.90. The van der Waals surface area contributed by atoms with Gasteiger partial charge in [-0.25, -0.2) is 0 Å². The van der Waals surface area contributed by atoms with Crippen LogP contribution >= 0.6 is 11.6 Å². The Balaban J connectivity index is 1.66. The molecule has 2 aromatic carbocycles. The van der Waals surface area contributed by atoms with E-state index in [0.29, 0.717) is 28.6 Å². The zero-order chi connectivity index (χ0) is 20.4. The van der Waals surface area contributed by atoms with Gasteiger partial charge in [-0.05, 0) is 37.6 Å². The molecule has 1 aliphatic heterocycles. The van der Waals surface area contributed by atoms with Gasteiger partial charge in [0.2, 0.25) is 0 Å². The summed E-state index contributed by atoms with van der Waals surface area (Å²) in [5.41, 5.74) is 1.14. The summed E-state index contributed by atoms with van der Waals surface area (Å²) in [6.45, 7) is 1.47. The van der Waals surface area contributed by atoms with Gasteiger partial charge in [-0.2, -0.15) is 0 Å². The van der Waals surface area contributed by atoms with Crippen molar-refractivity contribution in [2.45, 2.75) is 18.9 Å². The molecular weight excluding hydrogens is 392 g/mol. The number of phenols is 1. The molecular formula is C21H21ClN4O3. The van der Waals surface area contributed by atoms with E-state index in [1.165, 1.54) is 6.07 Å². The first kappa shape index (κ1) is 19.4. The number of rotatable bonds is 5. The highest BCUT2D eigenvalue weighted by Gasteiger charge is 2.23. The number of anilines is 1. The highest BCUT2D eigenvalue weighted by molar-refractivity contribution is 6.30. The molecule has 3 aromatic rings. The molecule has 3 N–H and O–H groups in total. The molecule has 2 heterocycles. The van der Waals surface area contributed by atoms with E-state index in [1.54, 1.807) is 12.1 Å². The summed E-state index contributed by atoms with van der Waals surface area (Å²) < 4.78 is 0. The van der Waals surface area contributed by atoms with Crippen LogP contribution in [0.15, 0.2) is 42.5 Å². The Morgan fingerprint density at radius 3 is 2.76 bits per heavy atom. The molecule has 0 radical (unpaired) electrons. The van der Waals surface area contributed by atoms with Gasteiger partial charge in [0.15, 0.2) is 5.82 Å². The van der Waals surface area contributed by atoms with Gasteiger partial charge < -0.3 is 15.5 Å². The summed E-state index contributed by atoms with van der Waals surface area (Å²) in [5.74, 6) is -0.114. The number of carboxylic acids is 1. The number of nitrogens with one attached hydrogen (secondary N) is 1. The van der Waals surface area contributed by atoms with E-state index in [9.17, 15) is 9.90 Å². The predicted octanol–water partition coefficient (Wildman–Crippen LogP) is 3.62. The number of piperidine rings is 1. The van der Waals surface area contributed by atoms with Gasteiger partial charge in [0.05, 0.1) is 6.54 Å². The lowest BCUT2D eigenvalue weighted by Gasteiger charge is -2.32. The maximum Gasteiger partial charge on any atom is 0.317 e. The van der Waals surface area contributed by atoms with Crippen LogP contribution in [0.25, 0.3) is 22.0 Å². The second-order valence-electron chi connectivity index (χ2n) is 7.22. The molecule has 1 aromatic heterocycles. The van der Waals surface area contributed by atoms with Crippen LogP contribution < -0.4 is 5.32 Å². The number of aromatic hydroxyl groups is 1. The maximum absolute atomic E-state index is 11.0. The van der Waals surface area contributed by atoms with Crippen molar-refractivity contribution < 1.29 is 15.0 Å². The van der Waals surface area contributed by atoms with Crippen LogP contribution in [-0.4, -0.2) is 57.0 Å². The molecule has 1 atom stereocenters. The standard InChI is InChI=1S/C21H21ClN4O3/c22-13-7-8-17(18(27)10-13)20-15-5-1-2-6-16(15)21(25-24-20)23-14-4-3-9-26(11-14)12-19(28)29/h1-2,5-8,10,14,27H,3-4,9,11-12H2,(H,23,25)(H,28,29). The quantitative estimate of drug-likeness (QED) is 0.588. The molecule has 150 valence electrons. The van der Waals surface area contributed by atoms with Crippen LogP contribution in [0.1, 0.15) is 12.8 Å². The van der Waals surface area contributed by atoms with Gasteiger partial charge in [-0.1, -0.05) is 35.9 Å². The molecule has 0 spiro atoms. The number of hydrogen-bond donors (Lipinski definition) is 3. The molecule has 8 heteroatoms. The zero-order valence-corrected chi connectivity index (χ0v) is 16.4. The van der Waals surface area contributed by atoms with Crippen molar-refractivity contribution in [1.29, 1.82) is 0 Å². The molecule has 1 unspecified atom stereocenters. The van der Waals surface area contributed by atoms with Gasteiger partial charge in [0.25, 0.3) is 0 Å². The summed E-state index contributed by atoms with van der Waals surface area (Å²) in [6.07, 6.45) is 1.86. The Bertz CT molecular complexity index is 1060. The van der Waals surface area contributed by atoms with E-state index >= 15 is 0 Å². The molecule has 1 aliphatic rings. The lowest BCUT2D eigenvalue weighted by molar-refractivity contribution is -0.138. The first-order valence-corrected chi connectivity index (χ1v) is 9.84. The monoisotopic (exact) mass is 412 g/mol. The summed E-state index contributed by atoms with van der Waals surface area (Å²) in [7, 11) is 0. The highest BCUT2D eigenvalue weighted by Crippen LogP contribution is 2.36. The number of aliphatic carboxylic acids is 1. The van der Waals surface area contributed by atoms with E-state index in [4.69, 9.17) is 16.7 Å². The molecule has 7 nitrogen and oxygen atoms in total. The fourth-order valence-electron chi connectivity index (χ4n) is 3.82. The minimum Gasteiger partial charge on any atom is -0.507 e. The van der Waals surface area contributed by atoms with E-state index in [1.807, 2.05) is 29.2 Å². The maximum atomic E-state index is 11.0. The Labute approximate surface area is 172 Å². The third-order valence-corrected chi connectivity index (χ3v) is 5.34. The first-order chi connectivity index (χ1) is 14.0. The average Bonchev–Trinajstić information content (AvgIpc) is 2.69. The van der Waals surface area contributed by atoms with Crippen molar-refractivity contribution in [3.05, 3.63) is 47.5 Å². The van der Waals surface area contributed by atoms with Gasteiger partial charge in [0.1, 0.15) is 11.4 Å². The molecule has 4 rings (SSSR count). The van der Waals surface area contributed by atoms with E-state index in [2.05, 4.69) is 15.5 Å². The molecule has 29 heavy (non-hydrogen) atoms. The van der Waals surface area contributed by atoms with E-state index < -0.39 is 5.97 Å². The fraction of sp³-hybridized carbons (Fsp3) is 0.286. The van der Waals surface area contributed by atoms with E-state index in [0.717, 1.165) is 30.2 Å². The van der Waals surface area contributed by atoms with Gasteiger partial charge in [-0.15, -0.1) is 10.2 Å². The second kappa shape index (κ2) is 8.23. The second-order valence-corrected chi connectivity index (χ2v) is 7.65. The third-order valence-electron chi connectivity index (χ3n) is 5.11. The third kappa shape index (κ3) is 4.26. The summed E-state index contributed by atoms with van der Waals surface area (Å²) >= 11 is 5.95. The lowest BCUT2D eigenvalue weighted by Crippen LogP contribution is -2.44. The summed E-state index contributed by atoms with van der Waals surface area (Å²) in [6, 6.07) is 12.8. The number of phenolic OH excluding ortho intramolecular Hbond substituents is 1. The van der Waals surface area contributed by atoms with E-state index in [-0.39, 0.29) is 18.3 Å². The molecule has 1 saturated heterocycles. The minimum atomic E-state index is -0.817. The Kier molecular flexibility index (Phi) is 5.51. The number of fused-ring (bicyclic) bond motifs is 1. The number of likely N-dealkylation sites (tertiary alicyclic amines) is 1. The zero-order valence-electron chi connectivity index (χ0n) is 15.7. The van der Waals surface area contributed by atoms with Crippen molar-refractivity contribution in [1.82, 2.24) is 15.1 Å². The number of carboxylic acid groups (broad SMARTS) is 1. The van der Waals surface area contributed by atoms with Crippen molar-refractivity contribution >= 4 is 34.2 Å². The van der Waals surface area contributed by atoms with Crippen LogP contribution in [-0.2, 0) is 4.79 Å². The van der Waals surface area contributed by atoms with Gasteiger partial charge >= 0.3 is 5.97 Å². The number of nitrogens with zero attached hydrogens (tertiary/aromatic N) is 3. The minimum absolute atomic E-state index is 0.0411. The topological polar surface area (TPSA) is 98.6 Å². The van der Waals surface area contributed by atoms with Crippen LogP contribution in [0.3, 0.4) is 0 Å². The predicted molar refractivity (Wildman–Crippen MR) is 112 cm³/mol. The molecule has 0 bridgehead atoms. The molecule has 1 fully saturated rings. The number of aromatic nitrogens is 2. The van der Waals surface area contributed by atoms with Crippen molar-refractivity contribution in [2.75, 3.05) is 25.0 Å². The fourth-order valence-corrected chi connectivity index (χ4v) is 3.98. The number of hydrogen-bond acceptors (Lipinski definition) is 6. The van der Waals surface area contributed by atoms with Crippen LogP contribution in [0.5, 0.6) is 5.75 Å². The Morgan fingerprint density at radius 2 is 2.00 bits per heavy atom. The normalized spacial score (nSPS) is 17.3. The van der Waals surface area contributed by atoms with Crippen molar-refractivity contribution in [3.63, 3.8) is 0 Å². The number of benzene rings is 2. The van der Waals surface area contributed by atoms with Gasteiger partial charge in [0, 0.05) is 33.9 Å². The SMILES string of the molecule is O=C(O)CN1CCCC(Nc2nnc(-c3ccc(Cl)cc3O)c3ccccc23)C1. The highest BCUT2D eigenvalue weighted by atomic mass is 35.5. The Morgan fingerprint density at radius 1 is 1.21 bits per heavy atom. The van der Waals surface area contributed by atoms with Crippen molar-refractivity contribution in [2.24, 2.45) is 0 Å². The molecule has 0 amide bonds. The first-order valence-electron chi connectivity index (χ1n) is 9.46. The number of carbonyl (C=O) groups is 1. The van der Waals surface area contributed by atoms with Crippen molar-refractivity contribution in [3.8, 4) is 17.0 Å². The average molecular weight is 413 g/mol. The summed E-state index contributed by atoms with van der Waals surface area (Å²) in [4.78, 5) is 12.9. The molecule has 0 saturated carbocycles. The summed E-state index contributed by atoms with van der Waals surface area (Å²) in [5, 5.41) is 33.8. The largest absolute Gasteiger partial charge is 0.507 e.